The minimum Gasteiger partial charge on any atom is -0.496 e. The molecule has 0 aliphatic carbocycles. The van der Waals surface area contributed by atoms with Crippen LogP contribution in [0.1, 0.15) is 22.4 Å². The molecule has 0 saturated heterocycles. The summed E-state index contributed by atoms with van der Waals surface area (Å²) in [4.78, 5) is 19.2. The van der Waals surface area contributed by atoms with Crippen LogP contribution in [0.2, 0.25) is 0 Å². The maximum atomic E-state index is 13.0. The van der Waals surface area contributed by atoms with E-state index in [2.05, 4.69) is 4.98 Å². The summed E-state index contributed by atoms with van der Waals surface area (Å²) < 4.78 is 16.6. The van der Waals surface area contributed by atoms with Crippen molar-refractivity contribution >= 4 is 5.91 Å². The highest BCUT2D eigenvalue weighted by Gasteiger charge is 2.30. The fourth-order valence-electron chi connectivity index (χ4n) is 3.56. The lowest BCUT2D eigenvalue weighted by atomic mass is 9.95. The van der Waals surface area contributed by atoms with Gasteiger partial charge >= 0.3 is 0 Å². The van der Waals surface area contributed by atoms with Crippen molar-refractivity contribution in [3.8, 4) is 17.2 Å². The number of hydrogen-bond acceptors (Lipinski definition) is 5. The Morgan fingerprint density at radius 1 is 1.30 bits per heavy atom. The van der Waals surface area contributed by atoms with Gasteiger partial charge < -0.3 is 19.1 Å². The number of rotatable bonds is 5. The van der Waals surface area contributed by atoms with E-state index in [1.807, 2.05) is 32.0 Å². The van der Waals surface area contributed by atoms with E-state index in [0.29, 0.717) is 25.3 Å². The molecule has 0 spiro atoms. The summed E-state index contributed by atoms with van der Waals surface area (Å²) in [7, 11) is 5.07. The molecule has 27 heavy (non-hydrogen) atoms. The van der Waals surface area contributed by atoms with Crippen molar-refractivity contribution in [2.24, 2.45) is 5.92 Å². The van der Waals surface area contributed by atoms with Gasteiger partial charge in [0.2, 0.25) is 5.91 Å². The van der Waals surface area contributed by atoms with E-state index >= 15 is 0 Å². The number of carbonyl (C=O) groups excluding carboxylic acids is 1. The van der Waals surface area contributed by atoms with Gasteiger partial charge in [-0.05, 0) is 31.9 Å². The highest BCUT2D eigenvalue weighted by Crippen LogP contribution is 2.36. The number of pyridine rings is 1. The third-order valence-electron chi connectivity index (χ3n) is 5.04. The Kier molecular flexibility index (Phi) is 5.54. The number of para-hydroxylation sites is 1. The molecule has 0 saturated carbocycles. The van der Waals surface area contributed by atoms with Crippen molar-refractivity contribution in [3.05, 3.63) is 46.8 Å². The van der Waals surface area contributed by atoms with Crippen LogP contribution in [0.3, 0.4) is 0 Å². The average Bonchev–Trinajstić information content (AvgIpc) is 2.68. The quantitative estimate of drug-likeness (QED) is 0.810. The Morgan fingerprint density at radius 2 is 2.07 bits per heavy atom. The van der Waals surface area contributed by atoms with E-state index < -0.39 is 0 Å². The number of methoxy groups -OCH3 is 2. The lowest BCUT2D eigenvalue weighted by molar-refractivity contribution is -0.136. The smallest absolute Gasteiger partial charge is 0.229 e. The molecule has 2 aromatic rings. The van der Waals surface area contributed by atoms with Gasteiger partial charge in [-0.1, -0.05) is 12.1 Å². The zero-order valence-electron chi connectivity index (χ0n) is 16.5. The fraction of sp³-hybridized carbons (Fsp3) is 0.429. The second kappa shape index (κ2) is 7.86. The van der Waals surface area contributed by atoms with Gasteiger partial charge in [0, 0.05) is 24.4 Å². The second-order valence-electron chi connectivity index (χ2n) is 6.90. The molecule has 1 aliphatic heterocycles. The number of benzene rings is 1. The molecule has 3 rings (SSSR count). The van der Waals surface area contributed by atoms with Crippen LogP contribution in [0.25, 0.3) is 0 Å². The molecule has 1 aromatic carbocycles. The monoisotopic (exact) mass is 370 g/mol. The van der Waals surface area contributed by atoms with E-state index in [0.717, 1.165) is 33.9 Å². The normalized spacial score (nSPS) is 15.5. The van der Waals surface area contributed by atoms with Gasteiger partial charge in [-0.3, -0.25) is 9.78 Å². The predicted octanol–water partition coefficient (Wildman–Crippen LogP) is 2.93. The van der Waals surface area contributed by atoms with Crippen molar-refractivity contribution in [2.45, 2.75) is 26.8 Å². The Hall–Kier alpha value is -2.76. The van der Waals surface area contributed by atoms with Crippen molar-refractivity contribution < 1.29 is 19.0 Å². The van der Waals surface area contributed by atoms with E-state index in [1.54, 1.807) is 32.4 Å². The van der Waals surface area contributed by atoms with Gasteiger partial charge in [-0.2, -0.15) is 0 Å². The highest BCUT2D eigenvalue weighted by atomic mass is 16.5. The van der Waals surface area contributed by atoms with Gasteiger partial charge in [0.25, 0.3) is 0 Å². The van der Waals surface area contributed by atoms with Crippen molar-refractivity contribution in [2.75, 3.05) is 27.9 Å². The van der Waals surface area contributed by atoms with Gasteiger partial charge in [0.05, 0.1) is 32.4 Å². The number of hydrogen-bond donors (Lipinski definition) is 0. The van der Waals surface area contributed by atoms with Crippen LogP contribution >= 0.6 is 0 Å². The summed E-state index contributed by atoms with van der Waals surface area (Å²) in [6, 6.07) is 5.77. The Morgan fingerprint density at radius 3 is 2.78 bits per heavy atom. The molecule has 0 fully saturated rings. The Balaban J connectivity index is 1.73. The molecule has 144 valence electrons. The molecule has 0 unspecified atom stereocenters. The first-order chi connectivity index (χ1) is 13.0. The molecule has 0 bridgehead atoms. The van der Waals surface area contributed by atoms with Crippen LogP contribution in [-0.4, -0.2) is 43.7 Å². The molecule has 1 amide bonds. The van der Waals surface area contributed by atoms with Crippen LogP contribution in [0.5, 0.6) is 17.2 Å². The molecule has 0 radical (unpaired) electrons. The van der Waals surface area contributed by atoms with Crippen molar-refractivity contribution in [3.63, 3.8) is 0 Å². The maximum Gasteiger partial charge on any atom is 0.229 e. The van der Waals surface area contributed by atoms with E-state index in [1.165, 1.54) is 0 Å². The van der Waals surface area contributed by atoms with Crippen LogP contribution in [0, 0.1) is 19.8 Å². The zero-order valence-corrected chi connectivity index (χ0v) is 16.5. The number of fused-ring (bicyclic) bond motifs is 1. The number of nitrogens with zero attached hydrogens (tertiary/aromatic N) is 2. The first-order valence-electron chi connectivity index (χ1n) is 8.99. The van der Waals surface area contributed by atoms with Crippen LogP contribution in [-0.2, 0) is 17.8 Å². The van der Waals surface area contributed by atoms with Gasteiger partial charge in [-0.15, -0.1) is 0 Å². The first-order valence-corrected chi connectivity index (χ1v) is 8.99. The number of aryl methyl sites for hydroxylation is 1. The van der Waals surface area contributed by atoms with Crippen LogP contribution in [0.4, 0.5) is 0 Å². The summed E-state index contributed by atoms with van der Waals surface area (Å²) in [5.41, 5.74) is 3.79. The van der Waals surface area contributed by atoms with E-state index in [9.17, 15) is 4.79 Å². The fourth-order valence-corrected chi connectivity index (χ4v) is 3.56. The molecular formula is C21H26N2O4. The minimum absolute atomic E-state index is 0.0456. The first kappa shape index (κ1) is 19.0. The average molecular weight is 370 g/mol. The molecule has 2 heterocycles. The summed E-state index contributed by atoms with van der Waals surface area (Å²) in [5.74, 6) is 2.10. The number of aromatic nitrogens is 1. The lowest BCUT2D eigenvalue weighted by Gasteiger charge is -2.29. The largest absolute Gasteiger partial charge is 0.496 e. The Labute approximate surface area is 160 Å². The molecule has 1 atom stereocenters. The van der Waals surface area contributed by atoms with Gasteiger partial charge in [-0.25, -0.2) is 0 Å². The summed E-state index contributed by atoms with van der Waals surface area (Å²) in [6.07, 6.45) is 2.42. The van der Waals surface area contributed by atoms with Crippen LogP contribution in [0.15, 0.2) is 24.4 Å². The molecule has 1 aromatic heterocycles. The molecular weight excluding hydrogens is 344 g/mol. The SMILES string of the molecule is COc1cccc2c1OC[C@H](C(=O)N(C)Cc1ncc(C)c(OC)c1C)C2. The number of ether oxygens (including phenoxy) is 3. The molecule has 6 nitrogen and oxygen atoms in total. The second-order valence-corrected chi connectivity index (χ2v) is 6.90. The molecule has 1 aliphatic rings. The zero-order chi connectivity index (χ0) is 19.6. The van der Waals surface area contributed by atoms with Gasteiger partial charge in [0.1, 0.15) is 12.4 Å². The maximum absolute atomic E-state index is 13.0. The number of carbonyl (C=O) groups is 1. The molecule has 0 N–H and O–H groups in total. The van der Waals surface area contributed by atoms with E-state index in [4.69, 9.17) is 14.2 Å². The van der Waals surface area contributed by atoms with Gasteiger partial charge in [0.15, 0.2) is 11.5 Å². The topological polar surface area (TPSA) is 60.9 Å². The lowest BCUT2D eigenvalue weighted by Crippen LogP contribution is -2.38. The third-order valence-corrected chi connectivity index (χ3v) is 5.04. The van der Waals surface area contributed by atoms with Crippen LogP contribution < -0.4 is 14.2 Å². The Bertz CT molecular complexity index is 850. The number of amides is 1. The third kappa shape index (κ3) is 3.70. The highest BCUT2D eigenvalue weighted by molar-refractivity contribution is 5.79. The molecule has 6 heteroatoms. The van der Waals surface area contributed by atoms with Crippen molar-refractivity contribution in [1.82, 2.24) is 9.88 Å². The van der Waals surface area contributed by atoms with Crippen molar-refractivity contribution in [1.29, 1.82) is 0 Å². The summed E-state index contributed by atoms with van der Waals surface area (Å²) in [5, 5.41) is 0. The predicted molar refractivity (Wildman–Crippen MR) is 102 cm³/mol. The minimum atomic E-state index is -0.220. The standard InChI is InChI=1S/C21H26N2O4/c1-13-10-22-17(14(2)19(13)26-5)11-23(3)21(24)16-9-15-7-6-8-18(25-4)20(15)27-12-16/h6-8,10,16H,9,11-12H2,1-5H3/t16-/m1/s1. The van der Waals surface area contributed by atoms with E-state index in [-0.39, 0.29) is 11.8 Å². The summed E-state index contributed by atoms with van der Waals surface area (Å²) in [6.45, 7) is 4.71. The summed E-state index contributed by atoms with van der Waals surface area (Å²) >= 11 is 0.